The van der Waals surface area contributed by atoms with Gasteiger partial charge < -0.3 is 5.32 Å². The van der Waals surface area contributed by atoms with Gasteiger partial charge in [-0.3, -0.25) is 9.36 Å². The Bertz CT molecular complexity index is 497. The maximum Gasteiger partial charge on any atom is 0.0540 e. The van der Waals surface area contributed by atoms with Crippen LogP contribution in [0.2, 0.25) is 0 Å². The summed E-state index contributed by atoms with van der Waals surface area (Å²) in [6.45, 7) is 2.09. The second-order valence-electron chi connectivity index (χ2n) is 4.38. The van der Waals surface area contributed by atoms with Crippen molar-refractivity contribution in [2.75, 3.05) is 7.05 Å². The minimum atomic E-state index is 0.285. The highest BCUT2D eigenvalue weighted by molar-refractivity contribution is 5.23. The molecule has 0 aliphatic carbocycles. The van der Waals surface area contributed by atoms with Gasteiger partial charge in [0.2, 0.25) is 0 Å². The fourth-order valence-corrected chi connectivity index (χ4v) is 2.04. The van der Waals surface area contributed by atoms with E-state index >= 15 is 0 Å². The van der Waals surface area contributed by atoms with Gasteiger partial charge in [0, 0.05) is 37.6 Å². The van der Waals surface area contributed by atoms with Gasteiger partial charge in [-0.15, -0.1) is 0 Å². The zero-order chi connectivity index (χ0) is 12.4. The maximum absolute atomic E-state index is 4.29. The van der Waals surface area contributed by atoms with Crippen molar-refractivity contribution in [3.63, 3.8) is 0 Å². The van der Waals surface area contributed by atoms with Crippen LogP contribution in [0.15, 0.2) is 18.6 Å². The van der Waals surface area contributed by atoms with E-state index in [0.29, 0.717) is 0 Å². The predicted molar refractivity (Wildman–Crippen MR) is 66.7 cm³/mol. The van der Waals surface area contributed by atoms with Crippen LogP contribution < -0.4 is 5.32 Å². The van der Waals surface area contributed by atoms with Gasteiger partial charge in [0.15, 0.2) is 0 Å². The number of hydrogen-bond donors (Lipinski definition) is 1. The average Bonchev–Trinajstić information content (AvgIpc) is 2.85. The van der Waals surface area contributed by atoms with Crippen LogP contribution in [-0.2, 0) is 20.5 Å². The molecule has 2 aromatic heterocycles. The summed E-state index contributed by atoms with van der Waals surface area (Å²) in [5.41, 5.74) is 3.68. The van der Waals surface area contributed by atoms with Gasteiger partial charge in [-0.05, 0) is 26.0 Å². The first-order valence-electron chi connectivity index (χ1n) is 5.75. The van der Waals surface area contributed by atoms with Gasteiger partial charge in [-0.2, -0.15) is 10.2 Å². The second-order valence-corrected chi connectivity index (χ2v) is 4.38. The second kappa shape index (κ2) is 4.71. The molecule has 0 radical (unpaired) electrons. The summed E-state index contributed by atoms with van der Waals surface area (Å²) in [7, 11) is 5.89. The standard InChI is InChI=1S/C12H19N5/c1-9-11(7-15-17(9)4)12(13-2)5-10-6-14-16(3)8-10/h6-8,12-13H,5H2,1-4H3. The Morgan fingerprint density at radius 2 is 2.06 bits per heavy atom. The molecule has 0 aliphatic heterocycles. The van der Waals surface area contributed by atoms with Crippen molar-refractivity contribution < 1.29 is 0 Å². The highest BCUT2D eigenvalue weighted by Gasteiger charge is 2.16. The third-order valence-corrected chi connectivity index (χ3v) is 3.20. The molecule has 5 nitrogen and oxygen atoms in total. The average molecular weight is 233 g/mol. The highest BCUT2D eigenvalue weighted by Crippen LogP contribution is 2.20. The Morgan fingerprint density at radius 1 is 1.29 bits per heavy atom. The molecule has 0 aliphatic rings. The number of hydrogen-bond acceptors (Lipinski definition) is 3. The zero-order valence-corrected chi connectivity index (χ0v) is 10.8. The first kappa shape index (κ1) is 11.9. The number of nitrogens with zero attached hydrogens (tertiary/aromatic N) is 4. The lowest BCUT2D eigenvalue weighted by Gasteiger charge is -2.14. The Labute approximate surface area is 101 Å². The Kier molecular flexibility index (Phi) is 3.28. The fraction of sp³-hybridized carbons (Fsp3) is 0.500. The number of aromatic nitrogens is 4. The summed E-state index contributed by atoms with van der Waals surface area (Å²) in [5.74, 6) is 0. The Hall–Kier alpha value is -1.62. The van der Waals surface area contributed by atoms with Crippen molar-refractivity contribution in [3.8, 4) is 0 Å². The molecule has 92 valence electrons. The summed E-state index contributed by atoms with van der Waals surface area (Å²) in [5, 5.41) is 11.8. The van der Waals surface area contributed by atoms with Crippen molar-refractivity contribution in [1.82, 2.24) is 24.9 Å². The third-order valence-electron chi connectivity index (χ3n) is 3.20. The smallest absolute Gasteiger partial charge is 0.0540 e. The largest absolute Gasteiger partial charge is 0.313 e. The number of nitrogens with one attached hydrogen (secondary N) is 1. The fourth-order valence-electron chi connectivity index (χ4n) is 2.04. The van der Waals surface area contributed by atoms with E-state index < -0.39 is 0 Å². The minimum absolute atomic E-state index is 0.285. The van der Waals surface area contributed by atoms with Crippen LogP contribution >= 0.6 is 0 Å². The van der Waals surface area contributed by atoms with Crippen molar-refractivity contribution in [1.29, 1.82) is 0 Å². The van der Waals surface area contributed by atoms with Crippen LogP contribution in [0, 0.1) is 6.92 Å². The molecule has 1 unspecified atom stereocenters. The summed E-state index contributed by atoms with van der Waals surface area (Å²) in [6, 6.07) is 0.285. The Balaban J connectivity index is 2.19. The SMILES string of the molecule is CNC(Cc1cnn(C)c1)c1cnn(C)c1C. The van der Waals surface area contributed by atoms with E-state index in [4.69, 9.17) is 0 Å². The topological polar surface area (TPSA) is 47.7 Å². The molecule has 0 aromatic carbocycles. The minimum Gasteiger partial charge on any atom is -0.313 e. The molecule has 17 heavy (non-hydrogen) atoms. The molecule has 0 saturated heterocycles. The van der Waals surface area contributed by atoms with E-state index in [0.717, 1.165) is 6.42 Å². The van der Waals surface area contributed by atoms with E-state index in [1.54, 1.807) is 0 Å². The zero-order valence-electron chi connectivity index (χ0n) is 10.8. The van der Waals surface area contributed by atoms with Crippen LogP contribution in [0.5, 0.6) is 0 Å². The van der Waals surface area contributed by atoms with E-state index in [1.807, 2.05) is 42.9 Å². The molecule has 0 bridgehead atoms. The molecule has 0 saturated carbocycles. The van der Waals surface area contributed by atoms with Crippen molar-refractivity contribution in [2.45, 2.75) is 19.4 Å². The predicted octanol–water partition coefficient (Wildman–Crippen LogP) is 0.965. The highest BCUT2D eigenvalue weighted by atomic mass is 15.3. The summed E-state index contributed by atoms with van der Waals surface area (Å²) in [6.07, 6.45) is 6.83. The Morgan fingerprint density at radius 3 is 2.53 bits per heavy atom. The molecule has 2 rings (SSSR count). The van der Waals surface area contributed by atoms with Crippen LogP contribution in [0.1, 0.15) is 22.9 Å². The third kappa shape index (κ3) is 2.39. The summed E-state index contributed by atoms with van der Waals surface area (Å²) >= 11 is 0. The molecule has 2 aromatic rings. The van der Waals surface area contributed by atoms with Crippen LogP contribution in [0.4, 0.5) is 0 Å². The number of likely N-dealkylation sites (N-methyl/N-ethyl adjacent to an activating group) is 1. The molecular weight excluding hydrogens is 214 g/mol. The van der Waals surface area contributed by atoms with Crippen molar-refractivity contribution in [2.24, 2.45) is 14.1 Å². The molecule has 0 spiro atoms. The van der Waals surface area contributed by atoms with Gasteiger partial charge in [0.1, 0.15) is 0 Å². The van der Waals surface area contributed by atoms with Gasteiger partial charge in [-0.25, -0.2) is 0 Å². The normalized spacial score (nSPS) is 12.9. The van der Waals surface area contributed by atoms with E-state index in [9.17, 15) is 0 Å². The maximum atomic E-state index is 4.29. The molecule has 2 heterocycles. The molecule has 0 amide bonds. The van der Waals surface area contributed by atoms with Gasteiger partial charge >= 0.3 is 0 Å². The molecule has 1 N–H and O–H groups in total. The van der Waals surface area contributed by atoms with E-state index in [-0.39, 0.29) is 6.04 Å². The van der Waals surface area contributed by atoms with E-state index in [1.165, 1.54) is 16.8 Å². The summed E-state index contributed by atoms with van der Waals surface area (Å²) < 4.78 is 3.74. The van der Waals surface area contributed by atoms with Gasteiger partial charge in [0.05, 0.1) is 12.4 Å². The van der Waals surface area contributed by atoms with Crippen LogP contribution in [0.3, 0.4) is 0 Å². The van der Waals surface area contributed by atoms with Gasteiger partial charge in [-0.1, -0.05) is 0 Å². The van der Waals surface area contributed by atoms with E-state index in [2.05, 4.69) is 28.6 Å². The lowest BCUT2D eigenvalue weighted by molar-refractivity contribution is 0.586. The molecule has 5 heteroatoms. The quantitative estimate of drug-likeness (QED) is 0.856. The number of aryl methyl sites for hydroxylation is 2. The van der Waals surface area contributed by atoms with Gasteiger partial charge in [0.25, 0.3) is 0 Å². The number of rotatable bonds is 4. The monoisotopic (exact) mass is 233 g/mol. The first-order chi connectivity index (χ1) is 8.11. The van der Waals surface area contributed by atoms with Crippen molar-refractivity contribution in [3.05, 3.63) is 35.4 Å². The van der Waals surface area contributed by atoms with Crippen LogP contribution in [0.25, 0.3) is 0 Å². The van der Waals surface area contributed by atoms with Crippen LogP contribution in [-0.4, -0.2) is 26.6 Å². The van der Waals surface area contributed by atoms with Crippen molar-refractivity contribution >= 4 is 0 Å². The first-order valence-corrected chi connectivity index (χ1v) is 5.75. The lowest BCUT2D eigenvalue weighted by Crippen LogP contribution is -2.19. The summed E-state index contributed by atoms with van der Waals surface area (Å²) in [4.78, 5) is 0. The molecule has 1 atom stereocenters. The molecular formula is C12H19N5. The molecule has 0 fully saturated rings. The lowest BCUT2D eigenvalue weighted by atomic mass is 10.0.